The molecular weight excluding hydrogens is 207 g/mol. The highest BCUT2D eigenvalue weighted by atomic mass is 31.2. The average molecular weight is 218 g/mol. The average Bonchev–Trinajstić information content (AvgIpc) is 2.49. The molecule has 5 nitrogen and oxygen atoms in total. The topological polar surface area (TPSA) is 87.7 Å². The van der Waals surface area contributed by atoms with Gasteiger partial charge in [0, 0.05) is 12.8 Å². The van der Waals surface area contributed by atoms with E-state index in [9.17, 15) is 9.36 Å². The fourth-order valence-corrected chi connectivity index (χ4v) is 1.64. The number of aryl methyl sites for hydroxylation is 1. The molecule has 1 rings (SSSR count). The molecule has 14 heavy (non-hydrogen) atoms. The summed E-state index contributed by atoms with van der Waals surface area (Å²) in [6.07, 6.45) is 1.28. The van der Waals surface area contributed by atoms with Gasteiger partial charge in [-0.05, 0) is 12.1 Å². The summed E-state index contributed by atoms with van der Waals surface area (Å²) < 4.78 is 15.4. The van der Waals surface area contributed by atoms with Gasteiger partial charge in [0.1, 0.15) is 17.7 Å². The molecule has 0 amide bonds. The molecule has 2 N–H and O–H groups in total. The third-order valence-corrected chi connectivity index (χ3v) is 2.38. The van der Waals surface area contributed by atoms with E-state index in [0.717, 1.165) is 0 Å². The van der Waals surface area contributed by atoms with Crippen molar-refractivity contribution >= 4 is 13.4 Å². The second-order valence-electron chi connectivity index (χ2n) is 2.94. The summed E-state index contributed by atoms with van der Waals surface area (Å²) in [7, 11) is -4.21. The summed E-state index contributed by atoms with van der Waals surface area (Å²) in [5, 5.41) is 0. The summed E-state index contributed by atoms with van der Waals surface area (Å²) in [6, 6.07) is 3.41. The number of rotatable bonds is 5. The van der Waals surface area contributed by atoms with Crippen molar-refractivity contribution in [2.75, 3.05) is 6.16 Å². The Bertz CT molecular complexity index is 337. The quantitative estimate of drug-likeness (QED) is 0.718. The Morgan fingerprint density at radius 3 is 2.71 bits per heavy atom. The molecule has 0 saturated carbocycles. The van der Waals surface area contributed by atoms with Crippen molar-refractivity contribution in [3.05, 3.63) is 24.2 Å². The predicted octanol–water partition coefficient (Wildman–Crippen LogP) is 0.959. The van der Waals surface area contributed by atoms with Gasteiger partial charge in [0.25, 0.3) is 0 Å². The molecule has 0 saturated heterocycles. The van der Waals surface area contributed by atoms with E-state index in [4.69, 9.17) is 14.2 Å². The molecule has 0 spiro atoms. The SMILES string of the molecule is O=C(CCc1ccco1)CP(=O)(O)O. The van der Waals surface area contributed by atoms with Crippen molar-refractivity contribution < 1.29 is 23.6 Å². The molecule has 0 aromatic carbocycles. The van der Waals surface area contributed by atoms with Gasteiger partial charge in [-0.1, -0.05) is 0 Å². The Kier molecular flexibility index (Phi) is 3.63. The first-order chi connectivity index (χ1) is 6.47. The summed E-state index contributed by atoms with van der Waals surface area (Å²) >= 11 is 0. The molecule has 0 fully saturated rings. The van der Waals surface area contributed by atoms with Gasteiger partial charge < -0.3 is 14.2 Å². The van der Waals surface area contributed by atoms with E-state index in [1.165, 1.54) is 6.26 Å². The van der Waals surface area contributed by atoms with Crippen LogP contribution in [-0.2, 0) is 15.8 Å². The van der Waals surface area contributed by atoms with Crippen LogP contribution in [0.2, 0.25) is 0 Å². The Balaban J connectivity index is 2.32. The van der Waals surface area contributed by atoms with Crippen LogP contribution in [0.4, 0.5) is 0 Å². The summed E-state index contributed by atoms with van der Waals surface area (Å²) in [4.78, 5) is 28.0. The molecule has 1 aromatic rings. The number of hydrogen-bond donors (Lipinski definition) is 2. The molecule has 0 atom stereocenters. The molecule has 0 aliphatic heterocycles. The van der Waals surface area contributed by atoms with Gasteiger partial charge in [0.05, 0.1) is 6.26 Å². The van der Waals surface area contributed by atoms with Crippen LogP contribution in [0.1, 0.15) is 12.2 Å². The standard InChI is InChI=1S/C8H11O5P/c9-7(6-14(10,11)12)3-4-8-2-1-5-13-8/h1-2,5H,3-4,6H2,(H2,10,11,12). The van der Waals surface area contributed by atoms with Crippen molar-refractivity contribution in [3.8, 4) is 0 Å². The molecule has 0 aliphatic rings. The summed E-state index contributed by atoms with van der Waals surface area (Å²) in [5.41, 5.74) is 0. The minimum Gasteiger partial charge on any atom is -0.469 e. The van der Waals surface area contributed by atoms with E-state index in [1.807, 2.05) is 0 Å². The van der Waals surface area contributed by atoms with Gasteiger partial charge >= 0.3 is 7.60 Å². The van der Waals surface area contributed by atoms with Gasteiger partial charge in [-0.2, -0.15) is 0 Å². The van der Waals surface area contributed by atoms with Crippen molar-refractivity contribution in [2.24, 2.45) is 0 Å². The zero-order valence-electron chi connectivity index (χ0n) is 7.42. The number of hydrogen-bond acceptors (Lipinski definition) is 3. The molecule has 1 heterocycles. The van der Waals surface area contributed by atoms with E-state index in [2.05, 4.69) is 0 Å². The first-order valence-corrected chi connectivity index (χ1v) is 5.86. The number of ketones is 1. The van der Waals surface area contributed by atoms with E-state index in [1.54, 1.807) is 12.1 Å². The van der Waals surface area contributed by atoms with Crippen LogP contribution >= 0.6 is 7.60 Å². The van der Waals surface area contributed by atoms with Crippen molar-refractivity contribution in [2.45, 2.75) is 12.8 Å². The number of Topliss-reactive ketones (excluding diaryl/α,β-unsaturated/α-hetero) is 1. The molecule has 1 aromatic heterocycles. The highest BCUT2D eigenvalue weighted by Gasteiger charge is 2.18. The number of carbonyl (C=O) groups excluding carboxylic acids is 1. The zero-order valence-corrected chi connectivity index (χ0v) is 8.31. The molecule has 0 unspecified atom stereocenters. The minimum absolute atomic E-state index is 0.0959. The lowest BCUT2D eigenvalue weighted by Gasteiger charge is -2.01. The third kappa shape index (κ3) is 4.37. The van der Waals surface area contributed by atoms with E-state index < -0.39 is 19.5 Å². The van der Waals surface area contributed by atoms with E-state index in [0.29, 0.717) is 12.2 Å². The highest BCUT2D eigenvalue weighted by molar-refractivity contribution is 7.52. The minimum atomic E-state index is -4.21. The van der Waals surface area contributed by atoms with Crippen LogP contribution in [0.25, 0.3) is 0 Å². The maximum absolute atomic E-state index is 11.0. The smallest absolute Gasteiger partial charge is 0.332 e. The molecule has 0 aliphatic carbocycles. The summed E-state index contributed by atoms with van der Waals surface area (Å²) in [6.45, 7) is 0. The first-order valence-electron chi connectivity index (χ1n) is 4.06. The predicted molar refractivity (Wildman–Crippen MR) is 48.9 cm³/mol. The van der Waals surface area contributed by atoms with Crippen LogP contribution in [0.3, 0.4) is 0 Å². The zero-order chi connectivity index (χ0) is 10.6. The maximum Gasteiger partial charge on any atom is 0.332 e. The van der Waals surface area contributed by atoms with Gasteiger partial charge in [0.15, 0.2) is 0 Å². The maximum atomic E-state index is 11.0. The lowest BCUT2D eigenvalue weighted by atomic mass is 10.2. The van der Waals surface area contributed by atoms with Gasteiger partial charge in [-0.3, -0.25) is 9.36 Å². The van der Waals surface area contributed by atoms with Gasteiger partial charge in [0.2, 0.25) is 0 Å². The van der Waals surface area contributed by atoms with Crippen LogP contribution in [0.15, 0.2) is 22.8 Å². The lowest BCUT2D eigenvalue weighted by Crippen LogP contribution is -2.06. The van der Waals surface area contributed by atoms with Gasteiger partial charge in [-0.25, -0.2) is 0 Å². The summed E-state index contributed by atoms with van der Waals surface area (Å²) in [5.74, 6) is 0.193. The number of furan rings is 1. The Hall–Kier alpha value is -0.900. The number of carbonyl (C=O) groups is 1. The van der Waals surface area contributed by atoms with Crippen molar-refractivity contribution in [1.82, 2.24) is 0 Å². The monoisotopic (exact) mass is 218 g/mol. The second-order valence-corrected chi connectivity index (χ2v) is 4.59. The van der Waals surface area contributed by atoms with E-state index >= 15 is 0 Å². The molecule has 78 valence electrons. The highest BCUT2D eigenvalue weighted by Crippen LogP contribution is 2.34. The van der Waals surface area contributed by atoms with Crippen LogP contribution in [0.5, 0.6) is 0 Å². The van der Waals surface area contributed by atoms with E-state index in [-0.39, 0.29) is 6.42 Å². The molecule has 0 bridgehead atoms. The Morgan fingerprint density at radius 1 is 1.50 bits per heavy atom. The molecule has 0 radical (unpaired) electrons. The van der Waals surface area contributed by atoms with Crippen LogP contribution in [0, 0.1) is 0 Å². The fourth-order valence-electron chi connectivity index (χ4n) is 1.03. The van der Waals surface area contributed by atoms with Crippen LogP contribution < -0.4 is 0 Å². The second kappa shape index (κ2) is 4.55. The molecule has 6 heteroatoms. The van der Waals surface area contributed by atoms with Crippen LogP contribution in [-0.4, -0.2) is 21.7 Å². The molecular formula is C8H11O5P. The Labute approximate surface area is 80.9 Å². The van der Waals surface area contributed by atoms with Crippen molar-refractivity contribution in [1.29, 1.82) is 0 Å². The third-order valence-electron chi connectivity index (χ3n) is 1.61. The normalized spacial score (nSPS) is 11.6. The van der Waals surface area contributed by atoms with Gasteiger partial charge in [-0.15, -0.1) is 0 Å². The Morgan fingerprint density at radius 2 is 2.21 bits per heavy atom. The fraction of sp³-hybridized carbons (Fsp3) is 0.375. The first kappa shape index (κ1) is 11.2. The largest absolute Gasteiger partial charge is 0.469 e. The lowest BCUT2D eigenvalue weighted by molar-refractivity contribution is -0.116. The van der Waals surface area contributed by atoms with Crippen molar-refractivity contribution in [3.63, 3.8) is 0 Å².